The molecule has 1 aromatic carbocycles. The molecular weight excluding hydrogens is 294 g/mol. The molecule has 0 bridgehead atoms. The van der Waals surface area contributed by atoms with Gasteiger partial charge in [-0.2, -0.15) is 9.57 Å². The van der Waals surface area contributed by atoms with Gasteiger partial charge in [-0.1, -0.05) is 19.1 Å². The molecule has 21 heavy (non-hydrogen) atoms. The molecular formula is C13H13N3O4S. The quantitative estimate of drug-likeness (QED) is 0.790. The molecule has 1 aliphatic heterocycles. The smallest absolute Gasteiger partial charge is 0.245 e. The SMILES string of the molecule is CCC1C(=O)NC(=O)CN1S(=O)(=O)c1ccccc1C#N. The summed E-state index contributed by atoms with van der Waals surface area (Å²) >= 11 is 0. The highest BCUT2D eigenvalue weighted by molar-refractivity contribution is 7.89. The molecule has 8 heteroatoms. The van der Waals surface area contributed by atoms with Crippen LogP contribution in [0.2, 0.25) is 0 Å². The average molecular weight is 307 g/mol. The van der Waals surface area contributed by atoms with E-state index in [-0.39, 0.29) is 16.9 Å². The molecule has 2 amide bonds. The van der Waals surface area contributed by atoms with Crippen LogP contribution in [0.1, 0.15) is 18.9 Å². The molecule has 0 radical (unpaired) electrons. The van der Waals surface area contributed by atoms with Crippen LogP contribution in [0.15, 0.2) is 29.2 Å². The second kappa shape index (κ2) is 5.63. The minimum absolute atomic E-state index is 0.0224. The Morgan fingerprint density at radius 1 is 1.38 bits per heavy atom. The number of piperazine rings is 1. The lowest BCUT2D eigenvalue weighted by Gasteiger charge is -2.32. The van der Waals surface area contributed by atoms with E-state index in [2.05, 4.69) is 5.32 Å². The van der Waals surface area contributed by atoms with Crippen molar-refractivity contribution in [2.45, 2.75) is 24.3 Å². The third kappa shape index (κ3) is 2.66. The van der Waals surface area contributed by atoms with E-state index in [9.17, 15) is 18.0 Å². The number of carbonyl (C=O) groups excluding carboxylic acids is 2. The van der Waals surface area contributed by atoms with Crippen LogP contribution in [0.4, 0.5) is 0 Å². The van der Waals surface area contributed by atoms with Crippen molar-refractivity contribution in [2.24, 2.45) is 0 Å². The maximum Gasteiger partial charge on any atom is 0.245 e. The highest BCUT2D eigenvalue weighted by atomic mass is 32.2. The second-order valence-electron chi connectivity index (χ2n) is 4.49. The Bertz CT molecular complexity index is 736. The summed E-state index contributed by atoms with van der Waals surface area (Å²) in [7, 11) is -4.10. The van der Waals surface area contributed by atoms with E-state index in [1.54, 1.807) is 19.1 Å². The van der Waals surface area contributed by atoms with Crippen LogP contribution in [-0.2, 0) is 19.6 Å². The number of amides is 2. The monoisotopic (exact) mass is 307 g/mol. The topological polar surface area (TPSA) is 107 Å². The van der Waals surface area contributed by atoms with Gasteiger partial charge < -0.3 is 0 Å². The molecule has 1 heterocycles. The maximum atomic E-state index is 12.7. The number of hydrogen-bond acceptors (Lipinski definition) is 5. The van der Waals surface area contributed by atoms with Gasteiger partial charge in [0.1, 0.15) is 12.1 Å². The van der Waals surface area contributed by atoms with Gasteiger partial charge in [-0.25, -0.2) is 8.42 Å². The van der Waals surface area contributed by atoms with Crippen molar-refractivity contribution in [3.63, 3.8) is 0 Å². The summed E-state index contributed by atoms with van der Waals surface area (Å²) in [5, 5.41) is 11.1. The number of rotatable bonds is 3. The van der Waals surface area contributed by atoms with Crippen molar-refractivity contribution < 1.29 is 18.0 Å². The van der Waals surface area contributed by atoms with Crippen molar-refractivity contribution in [3.8, 4) is 6.07 Å². The van der Waals surface area contributed by atoms with Crippen LogP contribution in [0, 0.1) is 11.3 Å². The molecule has 1 saturated heterocycles. The van der Waals surface area contributed by atoms with Crippen molar-refractivity contribution in [2.75, 3.05) is 6.54 Å². The number of carbonyl (C=O) groups is 2. The Morgan fingerprint density at radius 3 is 2.67 bits per heavy atom. The Labute approximate surface area is 122 Å². The normalized spacial score (nSPS) is 19.9. The fraction of sp³-hybridized carbons (Fsp3) is 0.308. The standard InChI is InChI=1S/C13H13N3O4S/c1-2-10-13(18)15-12(17)8-16(10)21(19,20)11-6-4-3-5-9(11)7-14/h3-6,10H,2,8H2,1H3,(H,15,17,18). The van der Waals surface area contributed by atoms with Crippen molar-refractivity contribution in [1.82, 2.24) is 9.62 Å². The molecule has 1 aliphatic rings. The Hall–Kier alpha value is -2.24. The van der Waals surface area contributed by atoms with Crippen LogP contribution < -0.4 is 5.32 Å². The minimum atomic E-state index is -4.10. The molecule has 7 nitrogen and oxygen atoms in total. The number of nitriles is 1. The molecule has 1 aromatic rings. The van der Waals surface area contributed by atoms with E-state index >= 15 is 0 Å². The summed E-state index contributed by atoms with van der Waals surface area (Å²) in [4.78, 5) is 23.0. The third-order valence-corrected chi connectivity index (χ3v) is 5.11. The summed E-state index contributed by atoms with van der Waals surface area (Å²) in [5.41, 5.74) is -0.0224. The number of sulfonamides is 1. The first-order chi connectivity index (χ1) is 9.91. The van der Waals surface area contributed by atoms with Gasteiger partial charge in [-0.05, 0) is 18.6 Å². The first-order valence-electron chi connectivity index (χ1n) is 6.26. The zero-order valence-electron chi connectivity index (χ0n) is 11.2. The lowest BCUT2D eigenvalue weighted by molar-refractivity contribution is -0.137. The zero-order chi connectivity index (χ0) is 15.6. The Balaban J connectivity index is 2.54. The molecule has 0 aliphatic carbocycles. The summed E-state index contributed by atoms with van der Waals surface area (Å²) < 4.78 is 26.2. The van der Waals surface area contributed by atoms with Crippen LogP contribution in [0.3, 0.4) is 0 Å². The summed E-state index contributed by atoms with van der Waals surface area (Å²) in [6.07, 6.45) is 0.229. The fourth-order valence-electron chi connectivity index (χ4n) is 2.19. The predicted molar refractivity (Wildman–Crippen MR) is 72.3 cm³/mol. The van der Waals surface area contributed by atoms with Gasteiger partial charge in [-0.15, -0.1) is 0 Å². The minimum Gasteiger partial charge on any atom is -0.294 e. The molecule has 1 unspecified atom stereocenters. The zero-order valence-corrected chi connectivity index (χ0v) is 12.1. The van der Waals surface area contributed by atoms with Crippen molar-refractivity contribution >= 4 is 21.8 Å². The highest BCUT2D eigenvalue weighted by Gasteiger charge is 2.41. The van der Waals surface area contributed by atoms with Gasteiger partial charge >= 0.3 is 0 Å². The molecule has 1 atom stereocenters. The van der Waals surface area contributed by atoms with E-state index in [4.69, 9.17) is 5.26 Å². The molecule has 110 valence electrons. The summed E-state index contributed by atoms with van der Waals surface area (Å²) in [6, 6.07) is 6.54. The van der Waals surface area contributed by atoms with Gasteiger partial charge in [0.05, 0.1) is 17.0 Å². The second-order valence-corrected chi connectivity index (χ2v) is 6.35. The van der Waals surface area contributed by atoms with Gasteiger partial charge in [0.15, 0.2) is 0 Å². The lowest BCUT2D eigenvalue weighted by Crippen LogP contribution is -2.59. The van der Waals surface area contributed by atoms with Crippen LogP contribution in [0.5, 0.6) is 0 Å². The highest BCUT2D eigenvalue weighted by Crippen LogP contribution is 2.24. The van der Waals surface area contributed by atoms with Crippen LogP contribution in [-0.4, -0.2) is 37.1 Å². The molecule has 2 rings (SSSR count). The van der Waals surface area contributed by atoms with E-state index < -0.39 is 34.4 Å². The molecule has 0 aromatic heterocycles. The van der Waals surface area contributed by atoms with Crippen LogP contribution >= 0.6 is 0 Å². The van der Waals surface area contributed by atoms with E-state index in [0.29, 0.717) is 0 Å². The van der Waals surface area contributed by atoms with Crippen molar-refractivity contribution in [1.29, 1.82) is 5.26 Å². The Kier molecular flexibility index (Phi) is 4.06. The number of hydrogen-bond donors (Lipinski definition) is 1. The number of imide groups is 1. The number of nitrogens with one attached hydrogen (secondary N) is 1. The molecule has 0 spiro atoms. The van der Waals surface area contributed by atoms with E-state index in [0.717, 1.165) is 4.31 Å². The van der Waals surface area contributed by atoms with Crippen LogP contribution in [0.25, 0.3) is 0 Å². The van der Waals surface area contributed by atoms with Gasteiger partial charge in [0.2, 0.25) is 21.8 Å². The average Bonchev–Trinajstić information content (AvgIpc) is 2.46. The van der Waals surface area contributed by atoms with Gasteiger partial charge in [0.25, 0.3) is 0 Å². The Morgan fingerprint density at radius 2 is 2.05 bits per heavy atom. The number of benzene rings is 1. The molecule has 1 fully saturated rings. The first kappa shape index (κ1) is 15.2. The maximum absolute atomic E-state index is 12.7. The van der Waals surface area contributed by atoms with Gasteiger partial charge in [-0.3, -0.25) is 14.9 Å². The fourth-order valence-corrected chi connectivity index (χ4v) is 3.96. The third-order valence-electron chi connectivity index (χ3n) is 3.19. The molecule has 1 N–H and O–H groups in total. The lowest BCUT2D eigenvalue weighted by atomic mass is 10.2. The summed E-state index contributed by atoms with van der Waals surface area (Å²) in [6.45, 7) is 1.21. The number of nitrogens with zero attached hydrogens (tertiary/aromatic N) is 2. The van der Waals surface area contributed by atoms with E-state index in [1.807, 2.05) is 0 Å². The summed E-state index contributed by atoms with van der Waals surface area (Å²) in [5.74, 6) is -1.32. The predicted octanol–water partition coefficient (Wildman–Crippen LogP) is -0.0160. The van der Waals surface area contributed by atoms with E-state index in [1.165, 1.54) is 18.2 Å². The van der Waals surface area contributed by atoms with Gasteiger partial charge in [0, 0.05) is 0 Å². The first-order valence-corrected chi connectivity index (χ1v) is 7.70. The largest absolute Gasteiger partial charge is 0.294 e. The van der Waals surface area contributed by atoms with Crippen molar-refractivity contribution in [3.05, 3.63) is 29.8 Å². The molecule has 0 saturated carbocycles.